The summed E-state index contributed by atoms with van der Waals surface area (Å²) in [6, 6.07) is 0. The fraction of sp³-hybridized carbons (Fsp3) is 0.765. The molecule has 4 nitrogen and oxygen atoms in total. The van der Waals surface area contributed by atoms with Crippen LogP contribution in [0.15, 0.2) is 12.7 Å². The zero-order valence-corrected chi connectivity index (χ0v) is 13.7. The predicted molar refractivity (Wildman–Crippen MR) is 83.8 cm³/mol. The van der Waals surface area contributed by atoms with E-state index in [1.165, 1.54) is 0 Å². The second-order valence-electron chi connectivity index (χ2n) is 6.36. The van der Waals surface area contributed by atoms with Gasteiger partial charge in [-0.25, -0.2) is 0 Å². The van der Waals surface area contributed by atoms with Crippen LogP contribution in [0.5, 0.6) is 0 Å². The summed E-state index contributed by atoms with van der Waals surface area (Å²) in [7, 11) is 0. The topological polar surface area (TPSA) is 46.6 Å². The molecule has 1 saturated carbocycles. The quantitative estimate of drug-likeness (QED) is 0.510. The predicted octanol–water partition coefficient (Wildman–Crippen LogP) is 3.17. The Balaban J connectivity index is 2.85. The van der Waals surface area contributed by atoms with Crippen molar-refractivity contribution in [2.24, 2.45) is 11.3 Å². The molecule has 4 heteroatoms. The van der Waals surface area contributed by atoms with Crippen LogP contribution in [0.3, 0.4) is 0 Å². The molecule has 120 valence electrons. The van der Waals surface area contributed by atoms with Crippen molar-refractivity contribution in [1.29, 1.82) is 0 Å². The number of ether oxygens (including phenoxy) is 1. The first-order valence-corrected chi connectivity index (χ1v) is 8.01. The van der Waals surface area contributed by atoms with E-state index < -0.39 is 0 Å². The van der Waals surface area contributed by atoms with Crippen molar-refractivity contribution in [3.05, 3.63) is 12.7 Å². The fourth-order valence-corrected chi connectivity index (χ4v) is 3.41. The normalized spacial score (nSPS) is 16.8. The molecule has 0 N–H and O–H groups in total. The van der Waals surface area contributed by atoms with Gasteiger partial charge in [-0.05, 0) is 32.1 Å². The maximum absolute atomic E-state index is 13.0. The zero-order chi connectivity index (χ0) is 15.9. The van der Waals surface area contributed by atoms with Crippen molar-refractivity contribution in [3.8, 4) is 0 Å². The van der Waals surface area contributed by atoms with Gasteiger partial charge in [0.1, 0.15) is 6.54 Å². The van der Waals surface area contributed by atoms with E-state index in [1.54, 1.807) is 17.9 Å². The van der Waals surface area contributed by atoms with E-state index in [4.69, 9.17) is 4.74 Å². The molecule has 0 radical (unpaired) electrons. The smallest absolute Gasteiger partial charge is 0.325 e. The Morgan fingerprint density at radius 2 is 1.95 bits per heavy atom. The number of amides is 1. The van der Waals surface area contributed by atoms with E-state index in [2.05, 4.69) is 20.4 Å². The first kappa shape index (κ1) is 17.7. The average Bonchev–Trinajstić information content (AvgIpc) is 2.86. The van der Waals surface area contributed by atoms with Crippen LogP contribution < -0.4 is 0 Å². The minimum absolute atomic E-state index is 0.0263. The highest BCUT2D eigenvalue weighted by Gasteiger charge is 2.43. The number of carbonyl (C=O) groups excluding carboxylic acids is 2. The fourth-order valence-electron chi connectivity index (χ4n) is 3.41. The Morgan fingerprint density at radius 3 is 2.43 bits per heavy atom. The molecule has 1 aliphatic rings. The van der Waals surface area contributed by atoms with E-state index >= 15 is 0 Å². The number of carbonyl (C=O) groups is 2. The monoisotopic (exact) mass is 295 g/mol. The molecular formula is C17H29NO3. The third-order valence-corrected chi connectivity index (χ3v) is 4.08. The van der Waals surface area contributed by atoms with E-state index in [1.807, 2.05) is 0 Å². The molecule has 1 amide bonds. The minimum Gasteiger partial charge on any atom is -0.465 e. The van der Waals surface area contributed by atoms with Gasteiger partial charge in [-0.1, -0.05) is 32.8 Å². The van der Waals surface area contributed by atoms with Crippen molar-refractivity contribution in [2.75, 3.05) is 19.7 Å². The molecule has 21 heavy (non-hydrogen) atoms. The van der Waals surface area contributed by atoms with Crippen molar-refractivity contribution < 1.29 is 14.3 Å². The summed E-state index contributed by atoms with van der Waals surface area (Å²) in [6.07, 6.45) is 6.62. The van der Waals surface area contributed by atoms with E-state index in [9.17, 15) is 9.59 Å². The van der Waals surface area contributed by atoms with Crippen LogP contribution in [0.25, 0.3) is 0 Å². The van der Waals surface area contributed by atoms with Crippen LogP contribution in [-0.2, 0) is 14.3 Å². The average molecular weight is 295 g/mol. The Kier molecular flexibility index (Phi) is 6.93. The molecule has 0 bridgehead atoms. The molecule has 0 atom stereocenters. The summed E-state index contributed by atoms with van der Waals surface area (Å²) >= 11 is 0. The maximum atomic E-state index is 13.0. The van der Waals surface area contributed by atoms with E-state index in [0.29, 0.717) is 19.1 Å². The van der Waals surface area contributed by atoms with Crippen LogP contribution in [0.2, 0.25) is 0 Å². The van der Waals surface area contributed by atoms with Crippen molar-refractivity contribution in [2.45, 2.75) is 52.9 Å². The maximum Gasteiger partial charge on any atom is 0.325 e. The van der Waals surface area contributed by atoms with Gasteiger partial charge in [0.2, 0.25) is 5.91 Å². The van der Waals surface area contributed by atoms with E-state index in [0.717, 1.165) is 32.1 Å². The van der Waals surface area contributed by atoms with Gasteiger partial charge in [-0.2, -0.15) is 0 Å². The van der Waals surface area contributed by atoms with Crippen LogP contribution >= 0.6 is 0 Å². The lowest BCUT2D eigenvalue weighted by Gasteiger charge is -2.34. The number of esters is 1. The Labute approximate surface area is 128 Å². The molecule has 1 fully saturated rings. The van der Waals surface area contributed by atoms with Gasteiger partial charge >= 0.3 is 5.97 Å². The van der Waals surface area contributed by atoms with Crippen LogP contribution in [0, 0.1) is 11.3 Å². The van der Waals surface area contributed by atoms with Gasteiger partial charge in [0.25, 0.3) is 0 Å². The largest absolute Gasteiger partial charge is 0.465 e. The lowest BCUT2D eigenvalue weighted by molar-refractivity contribution is -0.153. The second kappa shape index (κ2) is 8.20. The van der Waals surface area contributed by atoms with Gasteiger partial charge in [0, 0.05) is 12.0 Å². The molecule has 0 aliphatic heterocycles. The third kappa shape index (κ3) is 4.87. The van der Waals surface area contributed by atoms with Crippen LogP contribution in [0.4, 0.5) is 0 Å². The first-order chi connectivity index (χ1) is 9.95. The molecule has 0 aromatic rings. The zero-order valence-electron chi connectivity index (χ0n) is 13.7. The third-order valence-electron chi connectivity index (χ3n) is 4.08. The minimum atomic E-state index is -0.342. The number of rotatable bonds is 8. The summed E-state index contributed by atoms with van der Waals surface area (Å²) in [4.78, 5) is 26.3. The van der Waals surface area contributed by atoms with Crippen molar-refractivity contribution >= 4 is 11.9 Å². The molecule has 0 aromatic heterocycles. The Morgan fingerprint density at radius 1 is 1.33 bits per heavy atom. The van der Waals surface area contributed by atoms with Gasteiger partial charge in [-0.15, -0.1) is 6.58 Å². The van der Waals surface area contributed by atoms with Crippen molar-refractivity contribution in [1.82, 2.24) is 4.90 Å². The van der Waals surface area contributed by atoms with E-state index in [-0.39, 0.29) is 23.8 Å². The molecule has 0 aromatic carbocycles. The van der Waals surface area contributed by atoms with Crippen LogP contribution in [0.1, 0.15) is 52.9 Å². The molecule has 0 unspecified atom stereocenters. The second-order valence-corrected chi connectivity index (χ2v) is 6.36. The standard InChI is InChI=1S/C17H29NO3/c1-5-11-18(13-15(19)21-6-2)16(20)17(12-14(3)4)9-7-8-10-17/h5,14H,1,6-13H2,2-4H3. The van der Waals surface area contributed by atoms with Crippen LogP contribution in [-0.4, -0.2) is 36.5 Å². The highest BCUT2D eigenvalue weighted by atomic mass is 16.5. The molecule has 0 spiro atoms. The SMILES string of the molecule is C=CCN(CC(=O)OCC)C(=O)C1(CC(C)C)CCCC1. The van der Waals surface area contributed by atoms with Gasteiger partial charge < -0.3 is 9.64 Å². The van der Waals surface area contributed by atoms with Gasteiger partial charge in [0.05, 0.1) is 6.61 Å². The molecular weight excluding hydrogens is 266 g/mol. The van der Waals surface area contributed by atoms with Gasteiger partial charge in [-0.3, -0.25) is 9.59 Å². The number of hydrogen-bond donors (Lipinski definition) is 0. The molecule has 1 rings (SSSR count). The molecule has 0 saturated heterocycles. The highest BCUT2D eigenvalue weighted by molar-refractivity contribution is 5.86. The summed E-state index contributed by atoms with van der Waals surface area (Å²) in [5.41, 5.74) is -0.288. The summed E-state index contributed by atoms with van der Waals surface area (Å²) in [5.74, 6) is 0.229. The summed E-state index contributed by atoms with van der Waals surface area (Å²) in [5, 5.41) is 0. The highest BCUT2D eigenvalue weighted by Crippen LogP contribution is 2.44. The number of hydrogen-bond acceptors (Lipinski definition) is 3. The lowest BCUT2D eigenvalue weighted by Crippen LogP contribution is -2.46. The Hall–Kier alpha value is -1.32. The summed E-state index contributed by atoms with van der Waals surface area (Å²) < 4.78 is 4.98. The van der Waals surface area contributed by atoms with Gasteiger partial charge in [0.15, 0.2) is 0 Å². The lowest BCUT2D eigenvalue weighted by atomic mass is 9.77. The first-order valence-electron chi connectivity index (χ1n) is 8.01. The molecule has 1 aliphatic carbocycles. The number of nitrogens with zero attached hydrogens (tertiary/aromatic N) is 1. The summed E-state index contributed by atoms with van der Waals surface area (Å²) in [6.45, 7) is 10.5. The van der Waals surface area contributed by atoms with Crippen molar-refractivity contribution in [3.63, 3.8) is 0 Å². The molecule has 0 heterocycles. The Bertz CT molecular complexity index is 370.